The van der Waals surface area contributed by atoms with E-state index in [4.69, 9.17) is 14.5 Å². The van der Waals surface area contributed by atoms with Crippen LogP contribution in [0.15, 0.2) is 60.8 Å². The molecule has 7 nitrogen and oxygen atoms in total. The molecule has 0 aliphatic heterocycles. The summed E-state index contributed by atoms with van der Waals surface area (Å²) in [6.45, 7) is 3.21. The second-order valence-corrected chi connectivity index (χ2v) is 6.98. The lowest BCUT2D eigenvalue weighted by Crippen LogP contribution is -2.22. The molecule has 0 radical (unpaired) electrons. The molecule has 2 aromatic carbocycles. The predicted octanol–water partition coefficient (Wildman–Crippen LogP) is 4.07. The van der Waals surface area contributed by atoms with E-state index in [9.17, 15) is 4.79 Å². The zero-order valence-electron chi connectivity index (χ0n) is 17.8. The monoisotopic (exact) mass is 416 g/mol. The lowest BCUT2D eigenvalue weighted by molar-refractivity contribution is 0.0951. The van der Waals surface area contributed by atoms with Crippen molar-refractivity contribution >= 4 is 17.1 Å². The number of nitrogens with zero attached hydrogens (tertiary/aromatic N) is 3. The van der Waals surface area contributed by atoms with Crippen molar-refractivity contribution in [2.75, 3.05) is 14.2 Å². The van der Waals surface area contributed by atoms with Crippen molar-refractivity contribution in [3.8, 4) is 22.9 Å². The van der Waals surface area contributed by atoms with E-state index in [1.165, 1.54) is 0 Å². The van der Waals surface area contributed by atoms with Crippen molar-refractivity contribution in [3.05, 3.63) is 71.9 Å². The maximum atomic E-state index is 12.6. The van der Waals surface area contributed by atoms with Crippen LogP contribution < -0.4 is 14.8 Å². The molecule has 0 atom stereocenters. The molecule has 1 N–H and O–H groups in total. The summed E-state index contributed by atoms with van der Waals surface area (Å²) in [6.07, 6.45) is 1.77. The first-order valence-corrected chi connectivity index (χ1v) is 10.1. The molecule has 2 aromatic heterocycles. The highest BCUT2D eigenvalue weighted by atomic mass is 16.5. The van der Waals surface area contributed by atoms with E-state index in [-0.39, 0.29) is 5.91 Å². The van der Waals surface area contributed by atoms with Gasteiger partial charge in [0.15, 0.2) is 17.1 Å². The molecule has 4 rings (SSSR count). The van der Waals surface area contributed by atoms with Crippen LogP contribution in [0.1, 0.15) is 22.8 Å². The highest BCUT2D eigenvalue weighted by Crippen LogP contribution is 2.27. The molecule has 0 saturated carbocycles. The lowest BCUT2D eigenvalue weighted by Gasteiger charge is -2.11. The number of imidazole rings is 1. The van der Waals surface area contributed by atoms with Crippen molar-refractivity contribution in [2.45, 2.75) is 20.0 Å². The van der Waals surface area contributed by atoms with Gasteiger partial charge in [-0.25, -0.2) is 9.97 Å². The summed E-state index contributed by atoms with van der Waals surface area (Å²) in [5, 5.41) is 2.94. The van der Waals surface area contributed by atoms with Gasteiger partial charge in [0, 0.05) is 30.4 Å². The third kappa shape index (κ3) is 4.07. The van der Waals surface area contributed by atoms with Crippen molar-refractivity contribution in [3.63, 3.8) is 0 Å². The molecular weight excluding hydrogens is 392 g/mol. The number of ether oxygens (including phenoxy) is 2. The van der Waals surface area contributed by atoms with E-state index in [1.54, 1.807) is 20.4 Å². The second kappa shape index (κ2) is 8.87. The lowest BCUT2D eigenvalue weighted by atomic mass is 10.1. The summed E-state index contributed by atoms with van der Waals surface area (Å²) in [5.74, 6) is 1.98. The fourth-order valence-corrected chi connectivity index (χ4v) is 3.52. The van der Waals surface area contributed by atoms with Crippen LogP contribution in [0.5, 0.6) is 11.5 Å². The number of pyridine rings is 1. The normalized spacial score (nSPS) is 10.8. The number of aromatic nitrogens is 3. The van der Waals surface area contributed by atoms with E-state index in [0.717, 1.165) is 34.7 Å². The third-order valence-electron chi connectivity index (χ3n) is 5.13. The van der Waals surface area contributed by atoms with Gasteiger partial charge in [-0.1, -0.05) is 18.2 Å². The largest absolute Gasteiger partial charge is 0.493 e. The maximum Gasteiger partial charge on any atom is 0.251 e. The number of nitrogens with one attached hydrogen (secondary N) is 1. The first-order chi connectivity index (χ1) is 15.1. The average molecular weight is 416 g/mol. The van der Waals surface area contributed by atoms with Gasteiger partial charge in [0.1, 0.15) is 11.3 Å². The molecule has 0 saturated heterocycles. The number of aryl methyl sites for hydroxylation is 1. The van der Waals surface area contributed by atoms with Crippen LogP contribution in [0.2, 0.25) is 0 Å². The van der Waals surface area contributed by atoms with Crippen LogP contribution in [0, 0.1) is 0 Å². The van der Waals surface area contributed by atoms with E-state index in [0.29, 0.717) is 23.6 Å². The number of fused-ring (bicyclic) bond motifs is 1. The highest BCUT2D eigenvalue weighted by Gasteiger charge is 2.13. The van der Waals surface area contributed by atoms with Crippen LogP contribution in [0.4, 0.5) is 0 Å². The number of carbonyl (C=O) groups excluding carboxylic acids is 1. The zero-order valence-corrected chi connectivity index (χ0v) is 17.8. The molecule has 7 heteroatoms. The molecule has 31 heavy (non-hydrogen) atoms. The SMILES string of the molecule is CCn1c(-c2ccc(C(=O)NCc3ccc(OC)c(OC)c3)cc2)nc2cccnc21. The Kier molecular flexibility index (Phi) is 5.84. The summed E-state index contributed by atoms with van der Waals surface area (Å²) in [6, 6.07) is 16.9. The minimum absolute atomic E-state index is 0.146. The molecule has 0 fully saturated rings. The van der Waals surface area contributed by atoms with Crippen molar-refractivity contribution < 1.29 is 14.3 Å². The molecule has 0 aliphatic rings. The Labute approximate surface area is 180 Å². The molecule has 1 amide bonds. The number of carbonyl (C=O) groups is 1. The molecule has 4 aromatic rings. The van der Waals surface area contributed by atoms with Gasteiger partial charge in [-0.3, -0.25) is 4.79 Å². The number of methoxy groups -OCH3 is 2. The Morgan fingerprint density at radius 3 is 2.52 bits per heavy atom. The summed E-state index contributed by atoms with van der Waals surface area (Å²) in [4.78, 5) is 21.8. The molecular formula is C24H24N4O3. The van der Waals surface area contributed by atoms with E-state index in [1.807, 2.05) is 54.6 Å². The van der Waals surface area contributed by atoms with Crippen LogP contribution in [-0.2, 0) is 13.1 Å². The Bertz CT molecular complexity index is 1220. The fraction of sp³-hybridized carbons (Fsp3) is 0.208. The smallest absolute Gasteiger partial charge is 0.251 e. The highest BCUT2D eigenvalue weighted by molar-refractivity contribution is 5.94. The Morgan fingerprint density at radius 2 is 1.81 bits per heavy atom. The Balaban J connectivity index is 1.49. The molecule has 2 heterocycles. The minimum Gasteiger partial charge on any atom is -0.493 e. The summed E-state index contributed by atoms with van der Waals surface area (Å²) in [7, 11) is 3.18. The summed E-state index contributed by atoms with van der Waals surface area (Å²) >= 11 is 0. The van der Waals surface area contributed by atoms with E-state index in [2.05, 4.69) is 21.8 Å². The standard InChI is InChI=1S/C24H24N4O3/c1-4-28-22(27-19-6-5-13-25-23(19)28)17-8-10-18(11-9-17)24(29)26-15-16-7-12-20(30-2)21(14-16)31-3/h5-14H,4,15H2,1-3H3,(H,26,29). The van der Waals surface area contributed by atoms with Gasteiger partial charge in [-0.15, -0.1) is 0 Å². The van der Waals surface area contributed by atoms with Crippen molar-refractivity contribution in [1.29, 1.82) is 0 Å². The van der Waals surface area contributed by atoms with Gasteiger partial charge >= 0.3 is 0 Å². The predicted molar refractivity (Wildman–Crippen MR) is 119 cm³/mol. The van der Waals surface area contributed by atoms with Crippen LogP contribution >= 0.6 is 0 Å². The topological polar surface area (TPSA) is 78.3 Å². The second-order valence-electron chi connectivity index (χ2n) is 6.98. The average Bonchev–Trinajstić information content (AvgIpc) is 3.21. The summed E-state index contributed by atoms with van der Waals surface area (Å²) < 4.78 is 12.6. The molecule has 0 aliphatic carbocycles. The number of hydrogen-bond donors (Lipinski definition) is 1. The molecule has 0 bridgehead atoms. The van der Waals surface area contributed by atoms with Gasteiger partial charge in [-0.05, 0) is 48.9 Å². The van der Waals surface area contributed by atoms with Gasteiger partial charge < -0.3 is 19.4 Å². The minimum atomic E-state index is -0.146. The van der Waals surface area contributed by atoms with E-state index >= 15 is 0 Å². The number of rotatable bonds is 7. The molecule has 0 spiro atoms. The van der Waals surface area contributed by atoms with Gasteiger partial charge in [0.2, 0.25) is 0 Å². The zero-order chi connectivity index (χ0) is 21.8. The number of hydrogen-bond acceptors (Lipinski definition) is 5. The van der Waals surface area contributed by atoms with Gasteiger partial charge in [0.05, 0.1) is 14.2 Å². The van der Waals surface area contributed by atoms with Crippen LogP contribution in [-0.4, -0.2) is 34.7 Å². The molecule has 158 valence electrons. The van der Waals surface area contributed by atoms with Crippen molar-refractivity contribution in [1.82, 2.24) is 19.9 Å². The first kappa shape index (κ1) is 20.4. The maximum absolute atomic E-state index is 12.6. The van der Waals surface area contributed by atoms with Gasteiger partial charge in [0.25, 0.3) is 5.91 Å². The first-order valence-electron chi connectivity index (χ1n) is 10.1. The number of benzene rings is 2. The quantitative estimate of drug-likeness (QED) is 0.491. The Hall–Kier alpha value is -3.87. The fourth-order valence-electron chi connectivity index (χ4n) is 3.52. The van der Waals surface area contributed by atoms with Crippen LogP contribution in [0.25, 0.3) is 22.6 Å². The summed E-state index contributed by atoms with van der Waals surface area (Å²) in [5.41, 5.74) is 4.16. The van der Waals surface area contributed by atoms with Crippen molar-refractivity contribution in [2.24, 2.45) is 0 Å². The third-order valence-corrected chi connectivity index (χ3v) is 5.13. The Morgan fingerprint density at radius 1 is 1.03 bits per heavy atom. The molecule has 0 unspecified atom stereocenters. The van der Waals surface area contributed by atoms with E-state index < -0.39 is 0 Å². The van der Waals surface area contributed by atoms with Crippen LogP contribution in [0.3, 0.4) is 0 Å². The number of amides is 1. The van der Waals surface area contributed by atoms with Gasteiger partial charge in [-0.2, -0.15) is 0 Å².